The minimum absolute atomic E-state index is 0.0455. The van der Waals surface area contributed by atoms with E-state index in [0.717, 1.165) is 0 Å². The number of phenolic OH excluding ortho intramolecular Hbond substituents is 1. The maximum Gasteiger partial charge on any atom is 0.328 e. The molecule has 1 aliphatic heterocycles. The minimum atomic E-state index is -1.43. The highest BCUT2D eigenvalue weighted by Gasteiger charge is 2.66. The first kappa shape index (κ1) is 26.8. The van der Waals surface area contributed by atoms with Crippen LogP contribution in [0.2, 0.25) is 0 Å². The van der Waals surface area contributed by atoms with Crippen molar-refractivity contribution in [3.63, 3.8) is 0 Å². The van der Waals surface area contributed by atoms with Gasteiger partial charge in [-0.25, -0.2) is 4.79 Å². The Labute approximate surface area is 247 Å². The quantitative estimate of drug-likeness (QED) is 0.355. The van der Waals surface area contributed by atoms with Crippen LogP contribution in [0.25, 0.3) is 5.57 Å². The van der Waals surface area contributed by atoms with E-state index in [1.807, 2.05) is 42.5 Å². The number of imide groups is 3. The first-order chi connectivity index (χ1) is 20.8. The number of benzene rings is 3. The third-order valence-corrected chi connectivity index (χ3v) is 9.84. The molecule has 0 aromatic heterocycles. The zero-order valence-electron chi connectivity index (χ0n) is 23.1. The summed E-state index contributed by atoms with van der Waals surface area (Å²) in [5.41, 5.74) is 6.70. The molecule has 1 heterocycles. The molecule has 6 atom stereocenters. The monoisotopic (exact) mass is 572 g/mol. The van der Waals surface area contributed by atoms with Crippen LogP contribution < -0.4 is 5.73 Å². The molecule has 0 bridgehead atoms. The number of likely N-dealkylation sites (tertiary alicyclic amines) is 1. The number of allylic oxidation sites excluding steroid dienone is 4. The molecule has 43 heavy (non-hydrogen) atoms. The second kappa shape index (κ2) is 9.73. The Hall–Kier alpha value is -5.11. The molecule has 214 valence electrons. The highest BCUT2D eigenvalue weighted by molar-refractivity contribution is 6.31. The summed E-state index contributed by atoms with van der Waals surface area (Å²) >= 11 is 0. The van der Waals surface area contributed by atoms with E-state index in [4.69, 9.17) is 5.73 Å². The van der Waals surface area contributed by atoms with Crippen molar-refractivity contribution in [1.82, 2.24) is 4.90 Å². The van der Waals surface area contributed by atoms with Crippen molar-refractivity contribution in [2.45, 2.75) is 24.2 Å². The lowest BCUT2D eigenvalue weighted by Crippen LogP contribution is -2.58. The van der Waals surface area contributed by atoms with Gasteiger partial charge in [-0.3, -0.25) is 19.2 Å². The van der Waals surface area contributed by atoms with Gasteiger partial charge < -0.3 is 10.8 Å². The second-order valence-electron chi connectivity index (χ2n) is 11.7. The number of amides is 4. The van der Waals surface area contributed by atoms with Crippen molar-refractivity contribution in [2.24, 2.45) is 29.4 Å². The summed E-state index contributed by atoms with van der Waals surface area (Å²) < 4.78 is 0. The molecule has 3 N–H and O–H groups in total. The first-order valence-electron chi connectivity index (χ1n) is 14.3. The Bertz CT molecular complexity index is 1780. The van der Waals surface area contributed by atoms with E-state index in [1.54, 1.807) is 42.5 Å². The van der Waals surface area contributed by atoms with Crippen LogP contribution >= 0.6 is 0 Å². The van der Waals surface area contributed by atoms with Crippen LogP contribution in [-0.2, 0) is 24.6 Å². The van der Waals surface area contributed by atoms with Gasteiger partial charge in [0.15, 0.2) is 11.6 Å². The molecule has 8 nitrogen and oxygen atoms in total. The Morgan fingerprint density at radius 3 is 2.16 bits per heavy atom. The zero-order valence-corrected chi connectivity index (χ0v) is 23.1. The molecular formula is C35H28N2O6. The SMILES string of the molecule is NC(=O)N1C(=O)[C@H]2[C@H](CC=C3[C@H]2C[C@H]2C(=O)C(c4ccccc4)=CC(=O)[C@@]2(c2ccccc2)[C@H]3c2ccccc2O)C1=O. The summed E-state index contributed by atoms with van der Waals surface area (Å²) in [6.45, 7) is 0. The van der Waals surface area contributed by atoms with Crippen molar-refractivity contribution in [3.05, 3.63) is 119 Å². The number of fused-ring (bicyclic) bond motifs is 4. The second-order valence-corrected chi connectivity index (χ2v) is 11.7. The Morgan fingerprint density at radius 2 is 1.49 bits per heavy atom. The summed E-state index contributed by atoms with van der Waals surface area (Å²) in [5, 5.41) is 11.3. The number of phenols is 1. The fraction of sp³-hybridized carbons (Fsp3) is 0.229. The van der Waals surface area contributed by atoms with E-state index >= 15 is 0 Å². The number of hydrogen-bond donors (Lipinski definition) is 2. The lowest BCUT2D eigenvalue weighted by molar-refractivity contribution is -0.137. The molecule has 0 radical (unpaired) electrons. The number of hydrogen-bond acceptors (Lipinski definition) is 6. The summed E-state index contributed by atoms with van der Waals surface area (Å²) in [4.78, 5) is 69.0. The summed E-state index contributed by atoms with van der Waals surface area (Å²) in [6.07, 6.45) is 3.57. The number of Topliss-reactive ketones (excluding diaryl/α,β-unsaturated/α-hetero) is 1. The van der Waals surface area contributed by atoms with Crippen LogP contribution in [0.3, 0.4) is 0 Å². The van der Waals surface area contributed by atoms with Crippen molar-refractivity contribution < 1.29 is 29.1 Å². The van der Waals surface area contributed by atoms with E-state index in [2.05, 4.69) is 0 Å². The molecule has 4 aliphatic rings. The Morgan fingerprint density at radius 1 is 0.837 bits per heavy atom. The third-order valence-electron chi connectivity index (χ3n) is 9.84. The van der Waals surface area contributed by atoms with E-state index in [9.17, 15) is 29.1 Å². The fourth-order valence-corrected chi connectivity index (χ4v) is 8.17. The number of primary amides is 1. The largest absolute Gasteiger partial charge is 0.508 e. The number of para-hydroxylation sites is 1. The number of nitrogens with two attached hydrogens (primary N) is 1. The molecule has 3 aromatic rings. The van der Waals surface area contributed by atoms with Gasteiger partial charge in [0.05, 0.1) is 17.3 Å². The highest BCUT2D eigenvalue weighted by Crippen LogP contribution is 2.64. The molecule has 7 rings (SSSR count). The summed E-state index contributed by atoms with van der Waals surface area (Å²) in [6, 6.07) is 23.7. The topological polar surface area (TPSA) is 135 Å². The predicted octanol–water partition coefficient (Wildman–Crippen LogP) is 4.30. The molecule has 0 unspecified atom stereocenters. The number of aromatic hydroxyl groups is 1. The molecule has 3 aromatic carbocycles. The van der Waals surface area contributed by atoms with Crippen LogP contribution in [0.1, 0.15) is 35.4 Å². The molecule has 1 saturated heterocycles. The number of carbonyl (C=O) groups is 5. The Kier molecular flexibility index (Phi) is 6.06. The van der Waals surface area contributed by atoms with Gasteiger partial charge in [0, 0.05) is 23.0 Å². The van der Waals surface area contributed by atoms with Crippen LogP contribution in [0, 0.1) is 23.7 Å². The van der Waals surface area contributed by atoms with Crippen molar-refractivity contribution in [1.29, 1.82) is 0 Å². The predicted molar refractivity (Wildman–Crippen MR) is 156 cm³/mol. The molecule has 1 saturated carbocycles. The van der Waals surface area contributed by atoms with Gasteiger partial charge >= 0.3 is 6.03 Å². The molecule has 8 heteroatoms. The van der Waals surface area contributed by atoms with Crippen LogP contribution in [0.5, 0.6) is 5.75 Å². The number of carbonyl (C=O) groups excluding carboxylic acids is 5. The molecule has 4 amide bonds. The van der Waals surface area contributed by atoms with Crippen molar-refractivity contribution in [2.75, 3.05) is 0 Å². The third kappa shape index (κ3) is 3.65. The van der Waals surface area contributed by atoms with Crippen molar-refractivity contribution >= 4 is 35.0 Å². The van der Waals surface area contributed by atoms with Gasteiger partial charge in [0.1, 0.15) is 5.75 Å². The van der Waals surface area contributed by atoms with Gasteiger partial charge in [0.25, 0.3) is 0 Å². The van der Waals surface area contributed by atoms with E-state index < -0.39 is 52.8 Å². The number of urea groups is 1. The normalized spacial score (nSPS) is 29.8. The van der Waals surface area contributed by atoms with Gasteiger partial charge in [0.2, 0.25) is 11.8 Å². The number of ketones is 2. The van der Waals surface area contributed by atoms with Gasteiger partial charge in [-0.05, 0) is 42.0 Å². The maximum atomic E-state index is 14.8. The number of nitrogens with zero attached hydrogens (tertiary/aromatic N) is 1. The number of rotatable bonds is 3. The summed E-state index contributed by atoms with van der Waals surface area (Å²) in [5.74, 6) is -6.02. The van der Waals surface area contributed by atoms with E-state index in [-0.39, 0.29) is 35.7 Å². The first-order valence-corrected chi connectivity index (χ1v) is 14.3. The van der Waals surface area contributed by atoms with Gasteiger partial charge in [-0.15, -0.1) is 0 Å². The van der Waals surface area contributed by atoms with Gasteiger partial charge in [-0.1, -0.05) is 90.5 Å². The average molecular weight is 573 g/mol. The van der Waals surface area contributed by atoms with Crippen LogP contribution in [0.15, 0.2) is 103 Å². The highest BCUT2D eigenvalue weighted by atomic mass is 16.3. The van der Waals surface area contributed by atoms with E-state index in [0.29, 0.717) is 27.2 Å². The van der Waals surface area contributed by atoms with Crippen molar-refractivity contribution in [3.8, 4) is 5.75 Å². The molecular weight excluding hydrogens is 544 g/mol. The maximum absolute atomic E-state index is 14.8. The standard InChI is InChI=1S/C35H28N2O6/c36-34(43)37-32(41)23-16-15-21-25(29(23)33(37)42)17-26-31(40)24(19-9-3-1-4-10-19)18-28(39)35(26,20-11-5-2-6-12-20)30(21)22-13-7-8-14-27(22)38/h1-15,18,23,25-26,29-30,38H,16-17H2,(H2,36,43)/t23-,25+,26-,29-,30+,35-/m0/s1. The van der Waals surface area contributed by atoms with Gasteiger partial charge in [-0.2, -0.15) is 4.90 Å². The smallest absolute Gasteiger partial charge is 0.328 e. The Balaban J connectivity index is 1.52. The van der Waals surface area contributed by atoms with Crippen LogP contribution in [-0.4, -0.2) is 39.4 Å². The minimum Gasteiger partial charge on any atom is -0.508 e. The summed E-state index contributed by atoms with van der Waals surface area (Å²) in [7, 11) is 0. The average Bonchev–Trinajstić information content (AvgIpc) is 3.28. The lowest BCUT2D eigenvalue weighted by atomic mass is 9.44. The zero-order chi connectivity index (χ0) is 30.0. The molecule has 3 aliphatic carbocycles. The molecule has 0 spiro atoms. The lowest BCUT2D eigenvalue weighted by Gasteiger charge is -2.55. The fourth-order valence-electron chi connectivity index (χ4n) is 8.17. The van der Waals surface area contributed by atoms with E-state index in [1.165, 1.54) is 12.1 Å². The van der Waals surface area contributed by atoms with Crippen LogP contribution in [0.4, 0.5) is 4.79 Å². The molecule has 2 fully saturated rings.